The first kappa shape index (κ1) is 20.8. The fraction of sp³-hybridized carbons (Fsp3) is 0.333. The number of amides is 1. The van der Waals surface area contributed by atoms with E-state index in [-0.39, 0.29) is 17.2 Å². The fourth-order valence-corrected chi connectivity index (χ4v) is 3.30. The van der Waals surface area contributed by atoms with Crippen LogP contribution in [-0.4, -0.2) is 17.9 Å². The van der Waals surface area contributed by atoms with Gasteiger partial charge in [0.1, 0.15) is 5.82 Å². The van der Waals surface area contributed by atoms with Crippen molar-refractivity contribution in [2.75, 3.05) is 0 Å². The Bertz CT molecular complexity index is 888. The second kappa shape index (κ2) is 8.63. The van der Waals surface area contributed by atoms with Crippen molar-refractivity contribution in [3.63, 3.8) is 0 Å². The van der Waals surface area contributed by atoms with Crippen LogP contribution in [0.1, 0.15) is 58.4 Å². The Labute approximate surface area is 164 Å². The summed E-state index contributed by atoms with van der Waals surface area (Å²) < 4.78 is 58.5. The zero-order valence-corrected chi connectivity index (χ0v) is 15.4. The molecule has 8 heteroatoms. The molecule has 0 radical (unpaired) electrons. The Balaban J connectivity index is 1.92. The van der Waals surface area contributed by atoms with Gasteiger partial charge in [0.05, 0.1) is 16.7 Å². The molecule has 2 aromatic carbocycles. The van der Waals surface area contributed by atoms with Gasteiger partial charge in [-0.1, -0.05) is 25.3 Å². The SMILES string of the molecule is O=C(Oc1c(C(=O)NC2CCCCC2)cccc1C(F)(F)F)c1ccc(F)cc1. The fourth-order valence-electron chi connectivity index (χ4n) is 3.30. The van der Waals surface area contributed by atoms with Crippen LogP contribution < -0.4 is 10.1 Å². The molecule has 29 heavy (non-hydrogen) atoms. The van der Waals surface area contributed by atoms with Gasteiger partial charge in [0.2, 0.25) is 0 Å². The number of halogens is 4. The molecule has 0 aromatic heterocycles. The lowest BCUT2D eigenvalue weighted by molar-refractivity contribution is -0.138. The van der Waals surface area contributed by atoms with Crippen molar-refractivity contribution in [3.8, 4) is 5.75 Å². The maximum atomic E-state index is 13.5. The number of benzene rings is 2. The molecular weight excluding hydrogens is 390 g/mol. The lowest BCUT2D eigenvalue weighted by Crippen LogP contribution is -2.36. The summed E-state index contributed by atoms with van der Waals surface area (Å²) in [6, 6.07) is 7.04. The van der Waals surface area contributed by atoms with Gasteiger partial charge in [-0.2, -0.15) is 13.2 Å². The summed E-state index contributed by atoms with van der Waals surface area (Å²) in [5, 5.41) is 2.73. The van der Waals surface area contributed by atoms with E-state index in [2.05, 4.69) is 5.32 Å². The number of hydrogen-bond acceptors (Lipinski definition) is 3. The largest absolute Gasteiger partial charge is 0.421 e. The van der Waals surface area contributed by atoms with Crippen LogP contribution in [0.5, 0.6) is 5.75 Å². The van der Waals surface area contributed by atoms with Crippen LogP contribution in [0.15, 0.2) is 42.5 Å². The molecule has 1 aliphatic rings. The summed E-state index contributed by atoms with van der Waals surface area (Å²) in [7, 11) is 0. The average Bonchev–Trinajstić information content (AvgIpc) is 2.68. The molecule has 2 aromatic rings. The van der Waals surface area contributed by atoms with Gasteiger partial charge in [-0.25, -0.2) is 9.18 Å². The first-order chi connectivity index (χ1) is 13.8. The van der Waals surface area contributed by atoms with Gasteiger partial charge in [-0.05, 0) is 49.2 Å². The molecule has 0 bridgehead atoms. The number of carbonyl (C=O) groups is 2. The van der Waals surface area contributed by atoms with Crippen LogP contribution in [0.2, 0.25) is 0 Å². The van der Waals surface area contributed by atoms with Gasteiger partial charge in [0.15, 0.2) is 5.75 Å². The number of hydrogen-bond donors (Lipinski definition) is 1. The van der Waals surface area contributed by atoms with E-state index in [0.29, 0.717) is 0 Å². The summed E-state index contributed by atoms with van der Waals surface area (Å²) in [4.78, 5) is 25.0. The molecule has 4 nitrogen and oxygen atoms in total. The molecule has 1 amide bonds. The highest BCUT2D eigenvalue weighted by Crippen LogP contribution is 2.38. The number of esters is 1. The molecule has 154 valence electrons. The quantitative estimate of drug-likeness (QED) is 0.433. The lowest BCUT2D eigenvalue weighted by Gasteiger charge is -2.23. The first-order valence-electron chi connectivity index (χ1n) is 9.24. The zero-order chi connectivity index (χ0) is 21.0. The Morgan fingerprint density at radius 2 is 1.62 bits per heavy atom. The van der Waals surface area contributed by atoms with Gasteiger partial charge in [-0.15, -0.1) is 0 Å². The number of nitrogens with one attached hydrogen (secondary N) is 1. The molecule has 0 saturated heterocycles. The zero-order valence-electron chi connectivity index (χ0n) is 15.4. The maximum Gasteiger partial charge on any atom is 0.420 e. The minimum absolute atomic E-state index is 0.133. The normalized spacial score (nSPS) is 15.0. The second-order valence-electron chi connectivity index (χ2n) is 6.88. The minimum Gasteiger partial charge on any atom is -0.421 e. The predicted octanol–water partition coefficient (Wildman–Crippen LogP) is 5.13. The van der Waals surface area contributed by atoms with Gasteiger partial charge in [-0.3, -0.25) is 4.79 Å². The van der Waals surface area contributed by atoms with E-state index >= 15 is 0 Å². The van der Waals surface area contributed by atoms with Crippen molar-refractivity contribution in [2.45, 2.75) is 44.3 Å². The van der Waals surface area contributed by atoms with E-state index in [4.69, 9.17) is 4.74 Å². The summed E-state index contributed by atoms with van der Waals surface area (Å²) >= 11 is 0. The Hall–Kier alpha value is -2.90. The molecule has 0 spiro atoms. The third-order valence-corrected chi connectivity index (χ3v) is 4.78. The molecule has 0 atom stereocenters. The Kier molecular flexibility index (Phi) is 6.20. The maximum absolute atomic E-state index is 13.5. The van der Waals surface area contributed by atoms with Crippen LogP contribution in [-0.2, 0) is 6.18 Å². The van der Waals surface area contributed by atoms with Gasteiger partial charge in [0, 0.05) is 6.04 Å². The van der Waals surface area contributed by atoms with E-state index in [0.717, 1.165) is 68.5 Å². The van der Waals surface area contributed by atoms with E-state index in [1.165, 1.54) is 6.07 Å². The number of para-hydroxylation sites is 1. The van der Waals surface area contributed by atoms with Crippen molar-refractivity contribution in [1.29, 1.82) is 0 Å². The third kappa shape index (κ3) is 5.13. The molecule has 1 fully saturated rings. The molecular formula is C21H19F4NO3. The first-order valence-corrected chi connectivity index (χ1v) is 9.24. The number of carbonyl (C=O) groups excluding carboxylic acids is 2. The number of rotatable bonds is 4. The Morgan fingerprint density at radius 3 is 2.24 bits per heavy atom. The summed E-state index contributed by atoms with van der Waals surface area (Å²) in [6.07, 6.45) is -0.430. The molecule has 3 rings (SSSR count). The van der Waals surface area contributed by atoms with E-state index in [1.807, 2.05) is 0 Å². The lowest BCUT2D eigenvalue weighted by atomic mass is 9.95. The Morgan fingerprint density at radius 1 is 0.966 bits per heavy atom. The standard InChI is InChI=1S/C21H19F4NO3/c22-14-11-9-13(10-12-14)20(28)29-18-16(7-4-8-17(18)21(23,24)25)19(27)26-15-5-2-1-3-6-15/h4,7-12,15H,1-3,5-6H2,(H,26,27). The summed E-state index contributed by atoms with van der Waals surface area (Å²) in [5.41, 5.74) is -1.74. The topological polar surface area (TPSA) is 55.4 Å². The third-order valence-electron chi connectivity index (χ3n) is 4.78. The monoisotopic (exact) mass is 409 g/mol. The highest BCUT2D eigenvalue weighted by Gasteiger charge is 2.37. The van der Waals surface area contributed by atoms with Crippen LogP contribution >= 0.6 is 0 Å². The summed E-state index contributed by atoms with van der Waals surface area (Å²) in [5.74, 6) is -3.31. The second-order valence-corrected chi connectivity index (χ2v) is 6.88. The van der Waals surface area contributed by atoms with Crippen LogP contribution in [0.3, 0.4) is 0 Å². The van der Waals surface area contributed by atoms with Crippen molar-refractivity contribution in [2.24, 2.45) is 0 Å². The predicted molar refractivity (Wildman–Crippen MR) is 97.1 cm³/mol. The number of alkyl halides is 3. The van der Waals surface area contributed by atoms with E-state index < -0.39 is 35.2 Å². The smallest absolute Gasteiger partial charge is 0.420 e. The van der Waals surface area contributed by atoms with Crippen LogP contribution in [0, 0.1) is 5.82 Å². The van der Waals surface area contributed by atoms with Gasteiger partial charge < -0.3 is 10.1 Å². The number of ether oxygens (including phenoxy) is 1. The van der Waals surface area contributed by atoms with Crippen LogP contribution in [0.4, 0.5) is 17.6 Å². The highest BCUT2D eigenvalue weighted by molar-refractivity contribution is 5.99. The average molecular weight is 409 g/mol. The van der Waals surface area contributed by atoms with Crippen LogP contribution in [0.25, 0.3) is 0 Å². The summed E-state index contributed by atoms with van der Waals surface area (Å²) in [6.45, 7) is 0. The van der Waals surface area contributed by atoms with Gasteiger partial charge >= 0.3 is 12.1 Å². The van der Waals surface area contributed by atoms with Crippen molar-refractivity contribution in [3.05, 3.63) is 65.0 Å². The molecule has 0 aliphatic heterocycles. The molecule has 1 aliphatic carbocycles. The minimum atomic E-state index is -4.83. The highest BCUT2D eigenvalue weighted by atomic mass is 19.4. The van der Waals surface area contributed by atoms with Gasteiger partial charge in [0.25, 0.3) is 5.91 Å². The van der Waals surface area contributed by atoms with Crippen molar-refractivity contribution < 1.29 is 31.9 Å². The van der Waals surface area contributed by atoms with E-state index in [1.54, 1.807) is 0 Å². The molecule has 0 unspecified atom stereocenters. The molecule has 0 heterocycles. The molecule has 1 N–H and O–H groups in total. The molecule has 1 saturated carbocycles. The van der Waals surface area contributed by atoms with E-state index in [9.17, 15) is 27.2 Å². The van der Waals surface area contributed by atoms with Crippen molar-refractivity contribution in [1.82, 2.24) is 5.32 Å². The van der Waals surface area contributed by atoms with Crippen molar-refractivity contribution >= 4 is 11.9 Å².